The molecule has 1 aliphatic rings. The third-order valence-corrected chi connectivity index (χ3v) is 5.31. The molecule has 1 fully saturated rings. The second-order valence-corrected chi connectivity index (χ2v) is 7.19. The highest BCUT2D eigenvalue weighted by Crippen LogP contribution is 2.28. The van der Waals surface area contributed by atoms with Crippen molar-refractivity contribution in [3.05, 3.63) is 29.3 Å². The summed E-state index contributed by atoms with van der Waals surface area (Å²) in [6, 6.07) is 4.25. The van der Waals surface area contributed by atoms with Crippen LogP contribution in [-0.4, -0.2) is 43.7 Å². The van der Waals surface area contributed by atoms with E-state index in [0.29, 0.717) is 25.1 Å². The van der Waals surface area contributed by atoms with Gasteiger partial charge in [0.15, 0.2) is 0 Å². The van der Waals surface area contributed by atoms with Crippen LogP contribution >= 0.6 is 0 Å². The molecule has 0 amide bonds. The van der Waals surface area contributed by atoms with Gasteiger partial charge in [-0.1, -0.05) is 19.9 Å². The van der Waals surface area contributed by atoms with E-state index < -0.39 is 16.0 Å². The maximum absolute atomic E-state index is 12.7. The summed E-state index contributed by atoms with van der Waals surface area (Å²) >= 11 is 0. The molecule has 21 heavy (non-hydrogen) atoms. The lowest BCUT2D eigenvalue weighted by Gasteiger charge is -2.27. The lowest BCUT2D eigenvalue weighted by molar-refractivity contribution is 0.0312. The molecule has 1 N–H and O–H groups in total. The Balaban J connectivity index is 2.53. The van der Waals surface area contributed by atoms with E-state index in [4.69, 9.17) is 9.84 Å². The van der Waals surface area contributed by atoms with Crippen LogP contribution in [0.5, 0.6) is 0 Å². The molecule has 0 saturated carbocycles. The van der Waals surface area contributed by atoms with Gasteiger partial charge in [-0.3, -0.25) is 0 Å². The molecule has 2 rings (SSSR count). The smallest absolute Gasteiger partial charge is 0.335 e. The maximum Gasteiger partial charge on any atom is 0.335 e. The molecule has 1 aromatic rings. The fourth-order valence-corrected chi connectivity index (χ4v) is 4.01. The SMILES string of the molecule is CC(C)c1ccc(C(=O)O)cc1S(=O)(=O)N1CCCOC1. The van der Waals surface area contributed by atoms with Crippen LogP contribution in [0.25, 0.3) is 0 Å². The monoisotopic (exact) mass is 313 g/mol. The number of hydrogen-bond acceptors (Lipinski definition) is 4. The first-order chi connectivity index (χ1) is 9.84. The predicted molar refractivity (Wildman–Crippen MR) is 76.8 cm³/mol. The van der Waals surface area contributed by atoms with E-state index in [1.165, 1.54) is 16.4 Å². The van der Waals surface area contributed by atoms with Crippen molar-refractivity contribution in [3.63, 3.8) is 0 Å². The highest BCUT2D eigenvalue weighted by Gasteiger charge is 2.30. The summed E-state index contributed by atoms with van der Waals surface area (Å²) in [6.07, 6.45) is 0.634. The first-order valence-corrected chi connectivity index (χ1v) is 8.23. The number of carboxylic acids is 1. The minimum absolute atomic E-state index is 0.0111. The van der Waals surface area contributed by atoms with Crippen molar-refractivity contribution >= 4 is 16.0 Å². The average Bonchev–Trinajstić information content (AvgIpc) is 2.47. The third kappa shape index (κ3) is 3.25. The number of benzene rings is 1. The van der Waals surface area contributed by atoms with Gasteiger partial charge in [-0.2, -0.15) is 4.31 Å². The number of aromatic carboxylic acids is 1. The molecule has 1 saturated heterocycles. The summed E-state index contributed by atoms with van der Waals surface area (Å²) in [5, 5.41) is 9.08. The molecule has 1 aliphatic heterocycles. The highest BCUT2D eigenvalue weighted by atomic mass is 32.2. The molecule has 0 spiro atoms. The number of sulfonamides is 1. The lowest BCUT2D eigenvalue weighted by Crippen LogP contribution is -2.38. The van der Waals surface area contributed by atoms with Crippen LogP contribution in [0.3, 0.4) is 0 Å². The van der Waals surface area contributed by atoms with Gasteiger partial charge in [-0.15, -0.1) is 0 Å². The topological polar surface area (TPSA) is 83.9 Å². The highest BCUT2D eigenvalue weighted by molar-refractivity contribution is 7.89. The zero-order chi connectivity index (χ0) is 15.6. The third-order valence-electron chi connectivity index (χ3n) is 3.43. The van der Waals surface area contributed by atoms with Gasteiger partial charge in [0.05, 0.1) is 10.5 Å². The summed E-state index contributed by atoms with van der Waals surface area (Å²) in [6.45, 7) is 4.69. The fraction of sp³-hybridized carbons (Fsp3) is 0.500. The van der Waals surface area contributed by atoms with Crippen LogP contribution in [0.4, 0.5) is 0 Å². The van der Waals surface area contributed by atoms with Crippen LogP contribution in [0.1, 0.15) is 42.1 Å². The minimum atomic E-state index is -3.75. The Hall–Kier alpha value is -1.44. The standard InChI is InChI=1S/C14H19NO5S/c1-10(2)12-5-4-11(14(16)17)8-13(12)21(18,19)15-6-3-7-20-9-15/h4-5,8,10H,3,6-7,9H2,1-2H3,(H,16,17). The lowest BCUT2D eigenvalue weighted by atomic mass is 10.0. The molecule has 0 atom stereocenters. The predicted octanol–water partition coefficient (Wildman–Crippen LogP) is 1.88. The summed E-state index contributed by atoms with van der Waals surface area (Å²) < 4.78 is 31.9. The van der Waals surface area contributed by atoms with Crippen molar-refractivity contribution in [2.75, 3.05) is 19.9 Å². The van der Waals surface area contributed by atoms with Crippen LogP contribution in [0, 0.1) is 0 Å². The van der Waals surface area contributed by atoms with E-state index in [2.05, 4.69) is 0 Å². The normalized spacial score (nSPS) is 17.1. The summed E-state index contributed by atoms with van der Waals surface area (Å²) in [7, 11) is -3.75. The van der Waals surface area contributed by atoms with Gasteiger partial charge in [0.2, 0.25) is 10.0 Å². The Kier molecular flexibility index (Phi) is 4.65. The number of hydrogen-bond donors (Lipinski definition) is 1. The molecule has 0 bridgehead atoms. The van der Waals surface area contributed by atoms with Crippen molar-refractivity contribution in [2.45, 2.75) is 31.1 Å². The largest absolute Gasteiger partial charge is 0.478 e. The van der Waals surface area contributed by atoms with E-state index >= 15 is 0 Å². The molecule has 0 radical (unpaired) electrons. The van der Waals surface area contributed by atoms with Crippen molar-refractivity contribution in [1.29, 1.82) is 0 Å². The zero-order valence-corrected chi connectivity index (χ0v) is 12.9. The number of carboxylic acid groups (broad SMARTS) is 1. The van der Waals surface area contributed by atoms with E-state index in [9.17, 15) is 13.2 Å². The van der Waals surface area contributed by atoms with E-state index in [1.807, 2.05) is 13.8 Å². The van der Waals surface area contributed by atoms with Gasteiger partial charge in [0.25, 0.3) is 0 Å². The van der Waals surface area contributed by atoms with Crippen LogP contribution in [0.15, 0.2) is 23.1 Å². The molecule has 1 aromatic carbocycles. The Bertz CT molecular complexity index is 633. The Labute approximate surface area is 124 Å². The first kappa shape index (κ1) is 15.9. The Morgan fingerprint density at radius 1 is 1.38 bits per heavy atom. The number of ether oxygens (including phenoxy) is 1. The molecule has 6 nitrogen and oxygen atoms in total. The molecule has 0 aromatic heterocycles. The van der Waals surface area contributed by atoms with Gasteiger partial charge in [-0.05, 0) is 30.0 Å². The van der Waals surface area contributed by atoms with Crippen molar-refractivity contribution in [2.24, 2.45) is 0 Å². The van der Waals surface area contributed by atoms with E-state index in [1.54, 1.807) is 6.07 Å². The molecule has 116 valence electrons. The number of nitrogens with zero attached hydrogens (tertiary/aromatic N) is 1. The Morgan fingerprint density at radius 3 is 2.62 bits per heavy atom. The van der Waals surface area contributed by atoms with Crippen molar-refractivity contribution in [3.8, 4) is 0 Å². The number of rotatable bonds is 4. The molecule has 0 unspecified atom stereocenters. The van der Waals surface area contributed by atoms with Gasteiger partial charge >= 0.3 is 5.97 Å². The molecule has 7 heteroatoms. The fourth-order valence-electron chi connectivity index (χ4n) is 2.27. The second kappa shape index (κ2) is 6.13. The maximum atomic E-state index is 12.7. The van der Waals surface area contributed by atoms with Gasteiger partial charge in [-0.25, -0.2) is 13.2 Å². The number of carbonyl (C=O) groups is 1. The molecular weight excluding hydrogens is 294 g/mol. The van der Waals surface area contributed by atoms with Gasteiger partial charge in [0.1, 0.15) is 6.73 Å². The summed E-state index contributed by atoms with van der Waals surface area (Å²) in [4.78, 5) is 11.2. The minimum Gasteiger partial charge on any atom is -0.478 e. The summed E-state index contributed by atoms with van der Waals surface area (Å²) in [5.41, 5.74) is 0.585. The zero-order valence-electron chi connectivity index (χ0n) is 12.1. The summed E-state index contributed by atoms with van der Waals surface area (Å²) in [5.74, 6) is -1.17. The second-order valence-electron chi connectivity index (χ2n) is 5.28. The van der Waals surface area contributed by atoms with Gasteiger partial charge in [0, 0.05) is 13.2 Å². The quantitative estimate of drug-likeness (QED) is 0.917. The van der Waals surface area contributed by atoms with Crippen LogP contribution < -0.4 is 0 Å². The first-order valence-electron chi connectivity index (χ1n) is 6.79. The molecule has 1 heterocycles. The van der Waals surface area contributed by atoms with Crippen molar-refractivity contribution < 1.29 is 23.1 Å². The molecular formula is C14H19NO5S. The van der Waals surface area contributed by atoms with Crippen molar-refractivity contribution in [1.82, 2.24) is 4.31 Å². The molecule has 0 aliphatic carbocycles. The van der Waals surface area contributed by atoms with Gasteiger partial charge < -0.3 is 9.84 Å². The van der Waals surface area contributed by atoms with E-state index in [0.717, 1.165) is 0 Å². The average molecular weight is 313 g/mol. The Morgan fingerprint density at radius 2 is 2.10 bits per heavy atom. The van der Waals surface area contributed by atoms with E-state index in [-0.39, 0.29) is 23.1 Å². The van der Waals surface area contributed by atoms with Crippen LogP contribution in [-0.2, 0) is 14.8 Å². The van der Waals surface area contributed by atoms with Crippen LogP contribution in [0.2, 0.25) is 0 Å².